The number of methoxy groups -OCH3 is 2. The Kier molecular flexibility index (Phi) is 3.93. The molecule has 0 aliphatic rings. The Bertz CT molecular complexity index is 648. The number of hydrogen-bond acceptors (Lipinski definition) is 5. The van der Waals surface area contributed by atoms with Gasteiger partial charge in [0, 0.05) is 11.6 Å². The minimum atomic E-state index is -0.273. The fourth-order valence-corrected chi connectivity index (χ4v) is 2.18. The van der Waals surface area contributed by atoms with E-state index in [-0.39, 0.29) is 11.5 Å². The van der Waals surface area contributed by atoms with Crippen molar-refractivity contribution in [3.63, 3.8) is 0 Å². The molecule has 100 valence electrons. The molecule has 3 N–H and O–H groups in total. The van der Waals surface area contributed by atoms with Crippen molar-refractivity contribution in [2.24, 2.45) is 0 Å². The van der Waals surface area contributed by atoms with Crippen LogP contribution in [-0.4, -0.2) is 24.2 Å². The normalized spacial score (nSPS) is 10.3. The molecule has 1 aromatic carbocycles. The van der Waals surface area contributed by atoms with Crippen molar-refractivity contribution in [1.82, 2.24) is 9.97 Å². The van der Waals surface area contributed by atoms with E-state index < -0.39 is 0 Å². The Hall–Kier alpha value is -1.77. The molecule has 0 aliphatic carbocycles. The van der Waals surface area contributed by atoms with Gasteiger partial charge in [-0.1, -0.05) is 0 Å². The third-order valence-electron chi connectivity index (χ3n) is 2.51. The summed E-state index contributed by atoms with van der Waals surface area (Å²) in [6, 6.07) is 5.28. The molecule has 0 unspecified atom stereocenters. The molecule has 0 saturated carbocycles. The second-order valence-electron chi connectivity index (χ2n) is 3.72. The summed E-state index contributed by atoms with van der Waals surface area (Å²) in [5, 5.41) is 0. The Morgan fingerprint density at radius 3 is 2.32 bits per heavy atom. The lowest BCUT2D eigenvalue weighted by atomic mass is 10.1. The van der Waals surface area contributed by atoms with Crippen molar-refractivity contribution in [2.45, 2.75) is 0 Å². The molecule has 2 rings (SSSR count). The smallest absolute Gasteiger partial charge is 0.266 e. The number of nitrogens with one attached hydrogen (secondary N) is 1. The predicted octanol–water partition coefficient (Wildman–Crippen LogP) is 1.64. The van der Waals surface area contributed by atoms with Crippen LogP contribution in [-0.2, 0) is 0 Å². The molecule has 0 spiro atoms. The number of benzene rings is 1. The van der Waals surface area contributed by atoms with Gasteiger partial charge in [-0.05, 0) is 34.7 Å². The first-order valence-electron chi connectivity index (χ1n) is 5.34. The third kappa shape index (κ3) is 2.80. The second kappa shape index (κ2) is 5.47. The number of rotatable bonds is 3. The molecule has 0 radical (unpaired) electrons. The van der Waals surface area contributed by atoms with E-state index in [1.165, 1.54) is 0 Å². The van der Waals surface area contributed by atoms with E-state index in [1.807, 2.05) is 22.6 Å². The Morgan fingerprint density at radius 2 is 1.79 bits per heavy atom. The Morgan fingerprint density at radius 1 is 1.21 bits per heavy atom. The number of nitrogens with zero attached hydrogens (tertiary/aromatic N) is 1. The molecule has 7 heteroatoms. The van der Waals surface area contributed by atoms with Crippen LogP contribution in [0.2, 0.25) is 0 Å². The van der Waals surface area contributed by atoms with Gasteiger partial charge in [-0.15, -0.1) is 0 Å². The van der Waals surface area contributed by atoms with Crippen molar-refractivity contribution in [2.75, 3.05) is 20.0 Å². The lowest BCUT2D eigenvalue weighted by molar-refractivity contribution is 0.394. The molecule has 0 bridgehead atoms. The van der Waals surface area contributed by atoms with Gasteiger partial charge in [0.15, 0.2) is 0 Å². The highest BCUT2D eigenvalue weighted by Crippen LogP contribution is 2.30. The zero-order valence-electron chi connectivity index (χ0n) is 10.4. The average molecular weight is 373 g/mol. The zero-order chi connectivity index (χ0) is 14.0. The largest absolute Gasteiger partial charge is 0.497 e. The quantitative estimate of drug-likeness (QED) is 0.799. The first-order chi connectivity index (χ1) is 9.05. The molecule has 1 aromatic heterocycles. The van der Waals surface area contributed by atoms with Crippen molar-refractivity contribution in [3.8, 4) is 22.8 Å². The van der Waals surface area contributed by atoms with Crippen molar-refractivity contribution < 1.29 is 9.47 Å². The topological polar surface area (TPSA) is 90.2 Å². The van der Waals surface area contributed by atoms with Gasteiger partial charge in [-0.25, -0.2) is 4.98 Å². The zero-order valence-corrected chi connectivity index (χ0v) is 12.5. The summed E-state index contributed by atoms with van der Waals surface area (Å²) in [6.07, 6.45) is 0. The Balaban J connectivity index is 2.67. The number of aromatic amines is 1. The van der Waals surface area contributed by atoms with Crippen LogP contribution in [0.25, 0.3) is 11.3 Å². The van der Waals surface area contributed by atoms with Crippen LogP contribution in [0.15, 0.2) is 23.0 Å². The molecular formula is C12H12IN3O3. The highest BCUT2D eigenvalue weighted by Gasteiger charge is 2.12. The van der Waals surface area contributed by atoms with Crippen LogP contribution in [0.5, 0.6) is 11.5 Å². The van der Waals surface area contributed by atoms with Gasteiger partial charge < -0.3 is 15.2 Å². The fraction of sp³-hybridized carbons (Fsp3) is 0.167. The van der Waals surface area contributed by atoms with E-state index in [0.29, 0.717) is 26.3 Å². The molecule has 2 aromatic rings. The summed E-state index contributed by atoms with van der Waals surface area (Å²) in [5.41, 5.74) is 6.51. The molecule has 0 aliphatic heterocycles. The third-order valence-corrected chi connectivity index (χ3v) is 3.51. The molecule has 1 heterocycles. The minimum absolute atomic E-state index is 0.0715. The summed E-state index contributed by atoms with van der Waals surface area (Å²) >= 11 is 1.93. The maximum Gasteiger partial charge on any atom is 0.266 e. The van der Waals surface area contributed by atoms with E-state index in [2.05, 4.69) is 9.97 Å². The number of anilines is 1. The Labute approximate surface area is 123 Å². The lowest BCUT2D eigenvalue weighted by Gasteiger charge is -2.09. The van der Waals surface area contributed by atoms with Crippen molar-refractivity contribution >= 4 is 28.5 Å². The molecule has 0 fully saturated rings. The maximum absolute atomic E-state index is 11.7. The van der Waals surface area contributed by atoms with E-state index in [4.69, 9.17) is 15.2 Å². The van der Waals surface area contributed by atoms with E-state index in [1.54, 1.807) is 32.4 Å². The second-order valence-corrected chi connectivity index (χ2v) is 4.79. The van der Waals surface area contributed by atoms with Gasteiger partial charge in [0.05, 0.1) is 19.9 Å². The molecular weight excluding hydrogens is 361 g/mol. The number of hydrogen-bond donors (Lipinski definition) is 2. The van der Waals surface area contributed by atoms with E-state index in [9.17, 15) is 4.79 Å². The number of ether oxygens (including phenoxy) is 2. The SMILES string of the molecule is COc1cc(OC)cc(-c2nc(N)[nH]c(=O)c2I)c1. The van der Waals surface area contributed by atoms with Crippen molar-refractivity contribution in [3.05, 3.63) is 32.1 Å². The van der Waals surface area contributed by atoms with Crippen LogP contribution in [0.1, 0.15) is 0 Å². The predicted molar refractivity (Wildman–Crippen MR) is 80.5 cm³/mol. The number of nitrogens with two attached hydrogens (primary N) is 1. The fourth-order valence-electron chi connectivity index (χ4n) is 1.61. The van der Waals surface area contributed by atoms with Crippen LogP contribution in [0, 0.1) is 3.57 Å². The summed E-state index contributed by atoms with van der Waals surface area (Å²) in [7, 11) is 3.12. The van der Waals surface area contributed by atoms with E-state index >= 15 is 0 Å². The number of aromatic nitrogens is 2. The first kappa shape index (κ1) is 13.7. The summed E-state index contributed by atoms with van der Waals surface area (Å²) < 4.78 is 10.8. The maximum atomic E-state index is 11.7. The van der Waals surface area contributed by atoms with Gasteiger partial charge in [-0.2, -0.15) is 0 Å². The molecule has 0 amide bonds. The number of nitrogen functional groups attached to an aromatic ring is 1. The monoisotopic (exact) mass is 373 g/mol. The number of H-pyrrole nitrogens is 1. The van der Waals surface area contributed by atoms with Gasteiger partial charge in [0.2, 0.25) is 5.95 Å². The summed E-state index contributed by atoms with van der Waals surface area (Å²) in [6.45, 7) is 0. The van der Waals surface area contributed by atoms with Gasteiger partial charge in [0.25, 0.3) is 5.56 Å². The van der Waals surface area contributed by atoms with Crippen LogP contribution in [0.4, 0.5) is 5.95 Å². The molecule has 0 atom stereocenters. The van der Waals surface area contributed by atoms with Gasteiger partial charge >= 0.3 is 0 Å². The molecule has 6 nitrogen and oxygen atoms in total. The number of halogens is 1. The highest BCUT2D eigenvalue weighted by atomic mass is 127. The van der Waals surface area contributed by atoms with Crippen LogP contribution in [0.3, 0.4) is 0 Å². The van der Waals surface area contributed by atoms with Crippen LogP contribution < -0.4 is 20.8 Å². The summed E-state index contributed by atoms with van der Waals surface area (Å²) in [5.74, 6) is 1.30. The average Bonchev–Trinajstić information content (AvgIpc) is 2.42. The van der Waals surface area contributed by atoms with Crippen LogP contribution >= 0.6 is 22.6 Å². The first-order valence-corrected chi connectivity index (χ1v) is 6.41. The highest BCUT2D eigenvalue weighted by molar-refractivity contribution is 14.1. The van der Waals surface area contributed by atoms with Gasteiger partial charge in [0.1, 0.15) is 15.1 Å². The van der Waals surface area contributed by atoms with Gasteiger partial charge in [-0.3, -0.25) is 9.78 Å². The summed E-state index contributed by atoms with van der Waals surface area (Å²) in [4.78, 5) is 18.3. The van der Waals surface area contributed by atoms with Crippen molar-refractivity contribution in [1.29, 1.82) is 0 Å². The standard InChI is InChI=1S/C12H12IN3O3/c1-18-7-3-6(4-8(5-7)19-2)10-9(13)11(17)16-12(14)15-10/h3-5H,1-2H3,(H3,14,15,16,17). The van der Waals surface area contributed by atoms with E-state index in [0.717, 1.165) is 0 Å². The lowest BCUT2D eigenvalue weighted by Crippen LogP contribution is -2.15. The minimum Gasteiger partial charge on any atom is -0.497 e. The molecule has 19 heavy (non-hydrogen) atoms. The molecule has 0 saturated heterocycles.